The predicted molar refractivity (Wildman–Crippen MR) is 171 cm³/mol. The van der Waals surface area contributed by atoms with Crippen molar-refractivity contribution in [2.45, 2.75) is 93.5 Å². The standard InChI is InChI=1S/C34H46BrN3O5/c1-5-18-36(23-14-10-8-11-15-23)31(40)27-28-32(41)38(26(21-39)22(4)7-3)30(34(28)20-25(35)29(27)43-34)33(42)37(19-6-2)24-16-12-9-13-17-24/h5-6,8,10-11,14-15,22,24-30,39H,1-2,7,9,12-13,16-21H2,3-4H3/t22-,25?,26-,27-,28-,29-,30?,34?/m0/s1. The summed E-state index contributed by atoms with van der Waals surface area (Å²) in [5.41, 5.74) is -0.466. The second-order valence-corrected chi connectivity index (χ2v) is 13.9. The summed E-state index contributed by atoms with van der Waals surface area (Å²) < 4.78 is 6.81. The van der Waals surface area contributed by atoms with Crippen molar-refractivity contribution in [3.8, 4) is 0 Å². The molecule has 1 aromatic rings. The number of anilines is 1. The largest absolute Gasteiger partial charge is 0.394 e. The molecule has 1 N–H and O–H groups in total. The molecule has 3 unspecified atom stereocenters. The summed E-state index contributed by atoms with van der Waals surface area (Å²) >= 11 is 3.80. The smallest absolute Gasteiger partial charge is 0.248 e. The lowest BCUT2D eigenvalue weighted by molar-refractivity contribution is -0.154. The van der Waals surface area contributed by atoms with Crippen LogP contribution >= 0.6 is 15.9 Å². The molecule has 8 atom stereocenters. The molecule has 8 nitrogen and oxygen atoms in total. The minimum Gasteiger partial charge on any atom is -0.394 e. The summed E-state index contributed by atoms with van der Waals surface area (Å²) in [5.74, 6) is -2.33. The molecule has 3 saturated heterocycles. The zero-order chi connectivity index (χ0) is 30.9. The van der Waals surface area contributed by atoms with Gasteiger partial charge in [0, 0.05) is 29.6 Å². The van der Waals surface area contributed by atoms with Crippen LogP contribution in [-0.4, -0.2) is 87.0 Å². The van der Waals surface area contributed by atoms with Crippen LogP contribution in [0.15, 0.2) is 55.6 Å². The molecule has 5 rings (SSSR count). The van der Waals surface area contributed by atoms with E-state index in [2.05, 4.69) is 29.1 Å². The molecular weight excluding hydrogens is 610 g/mol. The van der Waals surface area contributed by atoms with Crippen LogP contribution in [0.1, 0.15) is 58.8 Å². The first-order chi connectivity index (χ1) is 20.7. The van der Waals surface area contributed by atoms with Gasteiger partial charge in [-0.25, -0.2) is 0 Å². The Morgan fingerprint density at radius 3 is 2.42 bits per heavy atom. The van der Waals surface area contributed by atoms with Crippen molar-refractivity contribution in [1.82, 2.24) is 9.80 Å². The van der Waals surface area contributed by atoms with E-state index in [0.29, 0.717) is 18.7 Å². The molecule has 3 aliphatic heterocycles. The zero-order valence-electron chi connectivity index (χ0n) is 25.4. The highest BCUT2D eigenvalue weighted by atomic mass is 79.9. The van der Waals surface area contributed by atoms with Crippen molar-refractivity contribution >= 4 is 39.3 Å². The third-order valence-corrected chi connectivity index (χ3v) is 11.2. The molecule has 4 fully saturated rings. The fourth-order valence-corrected chi connectivity index (χ4v) is 9.09. The molecule has 1 aliphatic carbocycles. The van der Waals surface area contributed by atoms with E-state index in [1.54, 1.807) is 22.0 Å². The van der Waals surface area contributed by atoms with Crippen molar-refractivity contribution in [3.63, 3.8) is 0 Å². The average molecular weight is 657 g/mol. The number of hydrogen-bond acceptors (Lipinski definition) is 5. The quantitative estimate of drug-likeness (QED) is 0.260. The van der Waals surface area contributed by atoms with Crippen LogP contribution in [0.5, 0.6) is 0 Å². The molecule has 1 saturated carbocycles. The first-order valence-electron chi connectivity index (χ1n) is 15.9. The number of nitrogens with zero attached hydrogens (tertiary/aromatic N) is 3. The molecular formula is C34H46BrN3O5. The normalized spacial score (nSPS) is 31.4. The summed E-state index contributed by atoms with van der Waals surface area (Å²) in [6, 6.07) is 7.92. The Morgan fingerprint density at radius 2 is 1.81 bits per heavy atom. The SMILES string of the molecule is C=CCN(C(=O)[C@H]1[C@H]2C(=O)N([C@@H](CO)[C@@H](C)CC)C(C(=O)N(CC=C)C3CCCCC3)C23CC(Br)[C@@H]1O3)c1ccccc1. The van der Waals surface area contributed by atoms with Gasteiger partial charge >= 0.3 is 0 Å². The number of halogens is 1. The maximum absolute atomic E-state index is 14.9. The molecule has 1 aromatic carbocycles. The number of carbonyl (C=O) groups is 3. The number of benzene rings is 1. The van der Waals surface area contributed by atoms with Gasteiger partial charge in [0.2, 0.25) is 17.7 Å². The lowest BCUT2D eigenvalue weighted by Gasteiger charge is -2.43. The van der Waals surface area contributed by atoms with Crippen molar-refractivity contribution in [1.29, 1.82) is 0 Å². The van der Waals surface area contributed by atoms with E-state index < -0.39 is 35.6 Å². The number of aliphatic hydroxyl groups excluding tert-OH is 1. The number of rotatable bonds is 12. The molecule has 3 heterocycles. The number of likely N-dealkylation sites (tertiary alicyclic amines) is 1. The summed E-state index contributed by atoms with van der Waals surface area (Å²) in [4.78, 5) is 49.1. The number of aliphatic hydroxyl groups is 1. The Balaban J connectivity index is 1.61. The van der Waals surface area contributed by atoms with Gasteiger partial charge < -0.3 is 24.5 Å². The van der Waals surface area contributed by atoms with Crippen LogP contribution in [0.3, 0.4) is 0 Å². The first kappa shape index (κ1) is 31.9. The Morgan fingerprint density at radius 1 is 1.14 bits per heavy atom. The number of para-hydroxylation sites is 1. The third-order valence-electron chi connectivity index (χ3n) is 10.4. The average Bonchev–Trinajstić information content (AvgIpc) is 3.62. The van der Waals surface area contributed by atoms with E-state index in [0.717, 1.165) is 38.5 Å². The van der Waals surface area contributed by atoms with E-state index in [1.807, 2.05) is 49.1 Å². The molecule has 43 heavy (non-hydrogen) atoms. The Hall–Kier alpha value is -2.49. The fourth-order valence-electron chi connectivity index (χ4n) is 8.15. The maximum atomic E-state index is 14.9. The van der Waals surface area contributed by atoms with Gasteiger partial charge in [-0.05, 0) is 37.3 Å². The lowest BCUT2D eigenvalue weighted by atomic mass is 9.70. The first-order valence-corrected chi connectivity index (χ1v) is 16.8. The molecule has 0 radical (unpaired) electrons. The molecule has 3 amide bonds. The number of alkyl halides is 1. The van der Waals surface area contributed by atoms with Gasteiger partial charge in [0.15, 0.2) is 0 Å². The van der Waals surface area contributed by atoms with Crippen LogP contribution in [0.4, 0.5) is 5.69 Å². The van der Waals surface area contributed by atoms with Crippen molar-refractivity contribution in [3.05, 3.63) is 55.6 Å². The molecule has 4 aliphatic rings. The maximum Gasteiger partial charge on any atom is 0.248 e. The van der Waals surface area contributed by atoms with Crippen molar-refractivity contribution in [2.24, 2.45) is 17.8 Å². The minimum absolute atomic E-state index is 0.0554. The van der Waals surface area contributed by atoms with E-state index in [9.17, 15) is 19.5 Å². The summed E-state index contributed by atoms with van der Waals surface area (Å²) in [6.07, 6.45) is 9.09. The van der Waals surface area contributed by atoms with E-state index >= 15 is 0 Å². The Kier molecular flexibility index (Phi) is 9.83. The van der Waals surface area contributed by atoms with E-state index in [4.69, 9.17) is 4.74 Å². The van der Waals surface area contributed by atoms with Crippen molar-refractivity contribution in [2.75, 3.05) is 24.6 Å². The van der Waals surface area contributed by atoms with Crippen LogP contribution in [0, 0.1) is 17.8 Å². The highest BCUT2D eigenvalue weighted by Crippen LogP contribution is 2.61. The monoisotopic (exact) mass is 655 g/mol. The van der Waals surface area contributed by atoms with Crippen LogP contribution < -0.4 is 4.90 Å². The number of carbonyl (C=O) groups excluding carboxylic acids is 3. The molecule has 2 bridgehead atoms. The molecule has 0 aromatic heterocycles. The van der Waals surface area contributed by atoms with Crippen LogP contribution in [0.25, 0.3) is 0 Å². The van der Waals surface area contributed by atoms with Gasteiger partial charge in [-0.1, -0.05) is 85.8 Å². The fraction of sp³-hybridized carbons (Fsp3) is 0.618. The predicted octanol–water partition coefficient (Wildman–Crippen LogP) is 4.71. The lowest BCUT2D eigenvalue weighted by Crippen LogP contribution is -2.61. The molecule has 1 spiro atoms. The summed E-state index contributed by atoms with van der Waals surface area (Å²) in [5, 5.41) is 10.7. The number of fused-ring (bicyclic) bond motifs is 1. The van der Waals surface area contributed by atoms with E-state index in [1.165, 1.54) is 0 Å². The van der Waals surface area contributed by atoms with Crippen LogP contribution in [-0.2, 0) is 19.1 Å². The number of amides is 3. The molecule has 234 valence electrons. The van der Waals surface area contributed by atoms with Gasteiger partial charge in [-0.2, -0.15) is 0 Å². The van der Waals surface area contributed by atoms with Crippen LogP contribution in [0.2, 0.25) is 0 Å². The van der Waals surface area contributed by atoms with Gasteiger partial charge in [-0.15, -0.1) is 13.2 Å². The second kappa shape index (κ2) is 13.2. The Labute approximate surface area is 264 Å². The number of ether oxygens (including phenoxy) is 1. The highest BCUT2D eigenvalue weighted by Gasteiger charge is 2.77. The highest BCUT2D eigenvalue weighted by molar-refractivity contribution is 9.09. The topological polar surface area (TPSA) is 90.4 Å². The summed E-state index contributed by atoms with van der Waals surface area (Å²) in [6.45, 7) is 12.2. The third kappa shape index (κ3) is 5.39. The molecule has 9 heteroatoms. The number of hydrogen-bond donors (Lipinski definition) is 1. The Bertz CT molecular complexity index is 1210. The van der Waals surface area contributed by atoms with Gasteiger partial charge in [0.05, 0.1) is 30.6 Å². The summed E-state index contributed by atoms with van der Waals surface area (Å²) in [7, 11) is 0. The van der Waals surface area contributed by atoms with Gasteiger partial charge in [0.25, 0.3) is 0 Å². The van der Waals surface area contributed by atoms with Crippen molar-refractivity contribution < 1.29 is 24.2 Å². The van der Waals surface area contributed by atoms with E-state index in [-0.39, 0.29) is 47.7 Å². The second-order valence-electron chi connectivity index (χ2n) is 12.7. The van der Waals surface area contributed by atoms with Gasteiger partial charge in [0.1, 0.15) is 11.6 Å². The van der Waals surface area contributed by atoms with Gasteiger partial charge in [-0.3, -0.25) is 14.4 Å². The zero-order valence-corrected chi connectivity index (χ0v) is 27.0. The minimum atomic E-state index is -1.18.